The van der Waals surface area contributed by atoms with E-state index in [-0.39, 0.29) is 5.78 Å². The van der Waals surface area contributed by atoms with Crippen molar-refractivity contribution in [3.05, 3.63) is 58.9 Å². The van der Waals surface area contributed by atoms with Crippen molar-refractivity contribution in [2.75, 3.05) is 0 Å². The number of carbonyl (C=O) groups excluding carboxylic acids is 1. The minimum atomic E-state index is 0.151. The fourth-order valence-corrected chi connectivity index (χ4v) is 3.02. The molecule has 0 bridgehead atoms. The second kappa shape index (κ2) is 4.97. The van der Waals surface area contributed by atoms with E-state index in [0.717, 1.165) is 17.1 Å². The Morgan fingerprint density at radius 2 is 2.11 bits per heavy atom. The lowest BCUT2D eigenvalue weighted by Crippen LogP contribution is -2.05. The maximum Gasteiger partial charge on any atom is 0.194 e. The molecule has 0 aliphatic heterocycles. The summed E-state index contributed by atoms with van der Waals surface area (Å²) in [6, 6.07) is 10.1. The van der Waals surface area contributed by atoms with E-state index in [9.17, 15) is 4.79 Å². The first-order valence-electron chi connectivity index (χ1n) is 6.24. The van der Waals surface area contributed by atoms with Gasteiger partial charge in [-0.15, -0.1) is 11.3 Å². The van der Waals surface area contributed by atoms with Gasteiger partial charge in [-0.2, -0.15) is 0 Å². The molecule has 3 nitrogen and oxygen atoms in total. The van der Waals surface area contributed by atoms with E-state index in [1.54, 1.807) is 17.5 Å². The number of benzene rings is 1. The number of rotatable bonds is 4. The number of aromatic nitrogens is 2. The first-order chi connectivity index (χ1) is 9.25. The molecule has 19 heavy (non-hydrogen) atoms. The number of ketones is 1. The fourth-order valence-electron chi connectivity index (χ4n) is 2.18. The van der Waals surface area contributed by atoms with Gasteiger partial charge in [-0.1, -0.05) is 30.3 Å². The number of imidazole rings is 1. The molecule has 0 aliphatic rings. The van der Waals surface area contributed by atoms with Gasteiger partial charge in [0, 0.05) is 17.5 Å². The van der Waals surface area contributed by atoms with Crippen LogP contribution < -0.4 is 0 Å². The lowest BCUT2D eigenvalue weighted by Gasteiger charge is -2.01. The zero-order chi connectivity index (χ0) is 13.2. The Morgan fingerprint density at radius 1 is 1.32 bits per heavy atom. The molecule has 3 aromatic rings. The highest BCUT2D eigenvalue weighted by molar-refractivity contribution is 7.15. The van der Waals surface area contributed by atoms with Crippen molar-refractivity contribution in [3.63, 3.8) is 0 Å². The van der Waals surface area contributed by atoms with Crippen LogP contribution in [-0.4, -0.2) is 15.2 Å². The molecule has 0 spiro atoms. The molecule has 0 radical (unpaired) electrons. The third kappa shape index (κ3) is 2.31. The van der Waals surface area contributed by atoms with Crippen LogP contribution in [0.25, 0.3) is 4.96 Å². The predicted molar refractivity (Wildman–Crippen MR) is 76.9 cm³/mol. The Bertz CT molecular complexity index is 712. The zero-order valence-corrected chi connectivity index (χ0v) is 11.5. The summed E-state index contributed by atoms with van der Waals surface area (Å²) in [7, 11) is 0. The highest BCUT2D eigenvalue weighted by atomic mass is 32.1. The Balaban J connectivity index is 1.79. The van der Waals surface area contributed by atoms with Crippen LogP contribution in [0.15, 0.2) is 41.9 Å². The van der Waals surface area contributed by atoms with Gasteiger partial charge in [0.1, 0.15) is 5.69 Å². The number of carbonyl (C=O) groups is 1. The molecule has 0 fully saturated rings. The van der Waals surface area contributed by atoms with E-state index in [2.05, 4.69) is 17.1 Å². The summed E-state index contributed by atoms with van der Waals surface area (Å²) < 4.78 is 1.94. The van der Waals surface area contributed by atoms with Gasteiger partial charge in [0.05, 0.1) is 6.20 Å². The minimum Gasteiger partial charge on any atom is -0.292 e. The molecule has 0 unspecified atom stereocenters. The second-order valence-corrected chi connectivity index (χ2v) is 5.38. The number of Topliss-reactive ketones (excluding diaryl/α,β-unsaturated/α-hetero) is 1. The molecule has 0 atom stereocenters. The predicted octanol–water partition coefficient (Wildman–Crippen LogP) is 3.52. The number of aryl methyl sites for hydroxylation is 2. The molecule has 0 aliphatic carbocycles. The van der Waals surface area contributed by atoms with Gasteiger partial charge < -0.3 is 0 Å². The van der Waals surface area contributed by atoms with Gasteiger partial charge in [0.25, 0.3) is 0 Å². The monoisotopic (exact) mass is 270 g/mol. The largest absolute Gasteiger partial charge is 0.292 e. The minimum absolute atomic E-state index is 0.151. The van der Waals surface area contributed by atoms with Crippen LogP contribution in [0.2, 0.25) is 0 Å². The van der Waals surface area contributed by atoms with Gasteiger partial charge in [0.15, 0.2) is 10.7 Å². The molecule has 0 saturated carbocycles. The van der Waals surface area contributed by atoms with Crippen LogP contribution in [0.1, 0.15) is 28.2 Å². The van der Waals surface area contributed by atoms with Crippen LogP contribution >= 0.6 is 11.3 Å². The normalized spacial score (nSPS) is 11.0. The van der Waals surface area contributed by atoms with Crippen LogP contribution in [0.3, 0.4) is 0 Å². The fraction of sp³-hybridized carbons (Fsp3) is 0.200. The topological polar surface area (TPSA) is 34.4 Å². The van der Waals surface area contributed by atoms with Gasteiger partial charge in [-0.25, -0.2) is 4.98 Å². The van der Waals surface area contributed by atoms with E-state index in [1.807, 2.05) is 34.9 Å². The molecule has 96 valence electrons. The van der Waals surface area contributed by atoms with Crippen molar-refractivity contribution in [3.8, 4) is 0 Å². The summed E-state index contributed by atoms with van der Waals surface area (Å²) in [4.78, 5) is 17.5. The standard InChI is InChI=1S/C15H14N2OS/c1-11-10-19-15-16-9-13(17(11)15)14(18)8-7-12-5-3-2-4-6-12/h2-6,9-10H,7-8H2,1H3. The smallest absolute Gasteiger partial charge is 0.194 e. The molecular weight excluding hydrogens is 256 g/mol. The van der Waals surface area contributed by atoms with E-state index >= 15 is 0 Å². The average molecular weight is 270 g/mol. The Labute approximate surface area is 115 Å². The van der Waals surface area contributed by atoms with E-state index in [4.69, 9.17) is 0 Å². The van der Waals surface area contributed by atoms with Crippen LogP contribution in [0.5, 0.6) is 0 Å². The summed E-state index contributed by atoms with van der Waals surface area (Å²) >= 11 is 1.57. The van der Waals surface area contributed by atoms with Crippen molar-refractivity contribution >= 4 is 22.1 Å². The van der Waals surface area contributed by atoms with Crippen LogP contribution in [0.4, 0.5) is 0 Å². The first-order valence-corrected chi connectivity index (χ1v) is 7.12. The lowest BCUT2D eigenvalue weighted by atomic mass is 10.1. The summed E-state index contributed by atoms with van der Waals surface area (Å²) in [5.74, 6) is 0.151. The number of hydrogen-bond donors (Lipinski definition) is 0. The summed E-state index contributed by atoms with van der Waals surface area (Å²) in [5, 5.41) is 2.02. The van der Waals surface area contributed by atoms with Crippen LogP contribution in [-0.2, 0) is 6.42 Å². The van der Waals surface area contributed by atoms with Gasteiger partial charge in [-0.05, 0) is 18.9 Å². The summed E-state index contributed by atoms with van der Waals surface area (Å²) in [5.41, 5.74) is 2.96. The van der Waals surface area contributed by atoms with Gasteiger partial charge >= 0.3 is 0 Å². The van der Waals surface area contributed by atoms with Crippen molar-refractivity contribution in [1.29, 1.82) is 0 Å². The highest BCUT2D eigenvalue weighted by Crippen LogP contribution is 2.18. The van der Waals surface area contributed by atoms with Gasteiger partial charge in [0.2, 0.25) is 0 Å². The van der Waals surface area contributed by atoms with Crippen molar-refractivity contribution in [2.45, 2.75) is 19.8 Å². The molecule has 0 N–H and O–H groups in total. The number of hydrogen-bond acceptors (Lipinski definition) is 3. The SMILES string of the molecule is Cc1csc2ncc(C(=O)CCc3ccccc3)n12. The van der Waals surface area contributed by atoms with E-state index in [1.165, 1.54) is 5.56 Å². The van der Waals surface area contributed by atoms with Crippen LogP contribution in [0, 0.1) is 6.92 Å². The van der Waals surface area contributed by atoms with Crippen molar-refractivity contribution in [2.24, 2.45) is 0 Å². The highest BCUT2D eigenvalue weighted by Gasteiger charge is 2.14. The maximum atomic E-state index is 12.3. The Kier molecular flexibility index (Phi) is 3.17. The zero-order valence-electron chi connectivity index (χ0n) is 10.7. The number of thiazole rings is 1. The molecule has 3 rings (SSSR count). The molecular formula is C15H14N2OS. The molecule has 4 heteroatoms. The molecule has 2 heterocycles. The number of nitrogens with zero attached hydrogens (tertiary/aromatic N) is 2. The maximum absolute atomic E-state index is 12.3. The quantitative estimate of drug-likeness (QED) is 0.680. The molecule has 2 aromatic heterocycles. The first kappa shape index (κ1) is 12.1. The lowest BCUT2D eigenvalue weighted by molar-refractivity contribution is 0.0977. The summed E-state index contributed by atoms with van der Waals surface area (Å²) in [6.07, 6.45) is 2.98. The third-order valence-electron chi connectivity index (χ3n) is 3.19. The Morgan fingerprint density at radius 3 is 2.89 bits per heavy atom. The van der Waals surface area contributed by atoms with Crippen molar-refractivity contribution < 1.29 is 4.79 Å². The van der Waals surface area contributed by atoms with Gasteiger partial charge in [-0.3, -0.25) is 9.20 Å². The average Bonchev–Trinajstić information content (AvgIpc) is 3.01. The third-order valence-corrected chi connectivity index (χ3v) is 4.14. The molecule has 1 aromatic carbocycles. The Hall–Kier alpha value is -1.94. The molecule has 0 saturated heterocycles. The second-order valence-electron chi connectivity index (χ2n) is 4.55. The number of fused-ring (bicyclic) bond motifs is 1. The van der Waals surface area contributed by atoms with E-state index in [0.29, 0.717) is 12.1 Å². The summed E-state index contributed by atoms with van der Waals surface area (Å²) in [6.45, 7) is 2.00. The molecule has 0 amide bonds. The van der Waals surface area contributed by atoms with Crippen molar-refractivity contribution in [1.82, 2.24) is 9.38 Å². The van der Waals surface area contributed by atoms with E-state index < -0.39 is 0 Å².